The van der Waals surface area contributed by atoms with Gasteiger partial charge in [0.2, 0.25) is 0 Å². The molecule has 0 aliphatic rings. The van der Waals surface area contributed by atoms with Crippen molar-refractivity contribution in [2.75, 3.05) is 0 Å². The van der Waals surface area contributed by atoms with Crippen LogP contribution in [0.5, 0.6) is 0 Å². The van der Waals surface area contributed by atoms with E-state index in [1.54, 1.807) is 0 Å². The molecule has 29 heavy (non-hydrogen) atoms. The molecule has 0 amide bonds. The maximum atomic E-state index is 11.8. The molecule has 0 aromatic heterocycles. The van der Waals surface area contributed by atoms with E-state index in [1.165, 1.54) is 15.9 Å². The number of aldehydes is 1. The van der Waals surface area contributed by atoms with Crippen LogP contribution >= 0.6 is 20.8 Å². The summed E-state index contributed by atoms with van der Waals surface area (Å²) in [6.45, 7) is 0. The summed E-state index contributed by atoms with van der Waals surface area (Å²) in [5.74, 6) is 0. The van der Waals surface area contributed by atoms with Gasteiger partial charge in [-0.05, 0) is 0 Å². The number of carbonyl (C=O) groups is 1. The molecule has 0 saturated carbocycles. The molecule has 0 N–H and O–H groups in total. The van der Waals surface area contributed by atoms with Crippen LogP contribution in [0.25, 0.3) is 0 Å². The fourth-order valence-corrected chi connectivity index (χ4v) is 11.7. The van der Waals surface area contributed by atoms with E-state index < -0.39 is 5.31 Å². The zero-order valence-corrected chi connectivity index (χ0v) is 18.5. The normalized spacial score (nSPS) is 12.7. The van der Waals surface area contributed by atoms with Crippen molar-refractivity contribution in [3.05, 3.63) is 126 Å². The summed E-state index contributed by atoms with van der Waals surface area (Å²) in [5.41, 5.74) is 1.79. The van der Waals surface area contributed by atoms with E-state index in [1.807, 2.05) is 36.4 Å². The van der Waals surface area contributed by atoms with Crippen LogP contribution in [0.2, 0.25) is 0 Å². The van der Waals surface area contributed by atoms with E-state index in [4.69, 9.17) is 0 Å². The fraction of sp³-hybridized carbons (Fsp3) is 0.0385. The number of rotatable bonds is 6. The van der Waals surface area contributed by atoms with E-state index in [0.29, 0.717) is 0 Å². The number of hydrogen-bond acceptors (Lipinski definition) is 1. The second-order valence-corrected chi connectivity index (χ2v) is 16.1. The van der Waals surface area contributed by atoms with E-state index in [2.05, 4.69) is 94.4 Å². The predicted molar refractivity (Wildman–Crippen MR) is 130 cm³/mol. The first kappa shape index (κ1) is 19.8. The third kappa shape index (κ3) is 3.37. The summed E-state index contributed by atoms with van der Waals surface area (Å²) in [4.78, 5) is 11.8. The van der Waals surface area contributed by atoms with Crippen molar-refractivity contribution < 1.29 is 4.79 Å². The van der Waals surface area contributed by atoms with Crippen molar-refractivity contribution in [2.45, 2.75) is 6.16 Å². The zero-order valence-electron chi connectivity index (χ0n) is 16.0. The Bertz CT molecular complexity index is 1010. The monoisotopic (exact) mass is 460 g/mol. The van der Waals surface area contributed by atoms with Crippen molar-refractivity contribution in [1.29, 1.82) is 0 Å². The third-order valence-corrected chi connectivity index (χ3v) is 15.0. The molecular weight excluding hydrogens is 439 g/mol. The summed E-state index contributed by atoms with van der Waals surface area (Å²) >= 11 is 4.43. The van der Waals surface area contributed by atoms with Crippen molar-refractivity contribution >= 4 is 43.0 Å². The first-order chi connectivity index (χ1) is 14.2. The van der Waals surface area contributed by atoms with Crippen molar-refractivity contribution in [2.24, 2.45) is 0 Å². The Balaban J connectivity index is 2.11. The van der Waals surface area contributed by atoms with Crippen LogP contribution in [0, 0.1) is 0 Å². The van der Waals surface area contributed by atoms with E-state index in [-0.39, 0.29) is 0 Å². The quantitative estimate of drug-likeness (QED) is 0.261. The van der Waals surface area contributed by atoms with Crippen LogP contribution in [0.1, 0.15) is 15.9 Å². The van der Waals surface area contributed by atoms with Gasteiger partial charge in [-0.25, -0.2) is 0 Å². The standard InChI is InChI=1S/C26H22BrOP/c27-29(24-14-4-1-5-15-24,25-16-6-2-7-17-25,26-18-8-3-9-19-26)21-23-13-11-10-12-22(23)20-28/h1-20H,21H2. The Kier molecular flexibility index (Phi) is 5.50. The van der Waals surface area contributed by atoms with Crippen molar-refractivity contribution in [1.82, 2.24) is 0 Å². The van der Waals surface area contributed by atoms with Crippen LogP contribution in [0.3, 0.4) is 0 Å². The van der Waals surface area contributed by atoms with Gasteiger partial charge in [0, 0.05) is 0 Å². The number of halogens is 1. The van der Waals surface area contributed by atoms with Gasteiger partial charge in [0.15, 0.2) is 0 Å². The topological polar surface area (TPSA) is 17.1 Å². The summed E-state index contributed by atoms with van der Waals surface area (Å²) in [6.07, 6.45) is 1.68. The molecule has 0 atom stereocenters. The van der Waals surface area contributed by atoms with Crippen LogP contribution in [-0.4, -0.2) is 6.29 Å². The molecule has 1 nitrogen and oxygen atoms in total. The molecule has 0 heterocycles. The summed E-state index contributed by atoms with van der Waals surface area (Å²) in [7, 11) is 0. The summed E-state index contributed by atoms with van der Waals surface area (Å²) < 4.78 is 0. The molecule has 3 heteroatoms. The van der Waals surface area contributed by atoms with Gasteiger partial charge < -0.3 is 0 Å². The molecule has 0 aliphatic heterocycles. The zero-order chi connectivity index (χ0) is 20.2. The molecule has 0 fully saturated rings. The van der Waals surface area contributed by atoms with Gasteiger partial charge in [-0.3, -0.25) is 0 Å². The van der Waals surface area contributed by atoms with Gasteiger partial charge in [0.05, 0.1) is 0 Å². The van der Waals surface area contributed by atoms with Gasteiger partial charge in [-0.2, -0.15) is 0 Å². The van der Waals surface area contributed by atoms with Gasteiger partial charge >= 0.3 is 180 Å². The van der Waals surface area contributed by atoms with Crippen molar-refractivity contribution in [3.8, 4) is 0 Å². The maximum absolute atomic E-state index is 11.8. The fourth-order valence-electron chi connectivity index (χ4n) is 4.05. The van der Waals surface area contributed by atoms with Crippen LogP contribution in [0.15, 0.2) is 115 Å². The molecule has 0 radical (unpaired) electrons. The molecule has 0 saturated heterocycles. The van der Waals surface area contributed by atoms with Crippen molar-refractivity contribution in [3.63, 3.8) is 0 Å². The molecule has 0 spiro atoms. The van der Waals surface area contributed by atoms with Gasteiger partial charge in [-0.1, -0.05) is 0 Å². The Morgan fingerprint density at radius 1 is 0.586 bits per heavy atom. The molecular formula is C26H22BrOP. The molecule has 144 valence electrons. The number of hydrogen-bond donors (Lipinski definition) is 0. The SMILES string of the molecule is O=Cc1ccccc1CP(Br)(c1ccccc1)(c1ccccc1)c1ccccc1. The molecule has 0 aliphatic carbocycles. The average Bonchev–Trinajstić information content (AvgIpc) is 2.81. The van der Waals surface area contributed by atoms with E-state index >= 15 is 0 Å². The van der Waals surface area contributed by atoms with Gasteiger partial charge in [-0.15, -0.1) is 0 Å². The minimum atomic E-state index is -3.08. The van der Waals surface area contributed by atoms with Crippen LogP contribution in [-0.2, 0) is 6.16 Å². The second-order valence-electron chi connectivity index (χ2n) is 7.16. The summed E-state index contributed by atoms with van der Waals surface area (Å²) in [5, 5.41) is 0.664. The Labute approximate surface area is 180 Å². The second kappa shape index (κ2) is 8.06. The Morgan fingerprint density at radius 3 is 1.38 bits per heavy atom. The molecule has 0 unspecified atom stereocenters. The van der Waals surface area contributed by atoms with E-state index in [0.717, 1.165) is 23.6 Å². The molecule has 4 rings (SSSR count). The van der Waals surface area contributed by atoms with E-state index in [9.17, 15) is 4.79 Å². The Morgan fingerprint density at radius 2 is 0.966 bits per heavy atom. The van der Waals surface area contributed by atoms with Gasteiger partial charge in [0.1, 0.15) is 0 Å². The van der Waals surface area contributed by atoms with Gasteiger partial charge in [0.25, 0.3) is 0 Å². The number of benzene rings is 4. The predicted octanol–water partition coefficient (Wildman–Crippen LogP) is 5.84. The number of carbonyl (C=O) groups excluding carboxylic acids is 1. The first-order valence-corrected chi connectivity index (χ1v) is 14.0. The molecule has 0 bridgehead atoms. The Hall–Kier alpha value is -2.54. The van der Waals surface area contributed by atoms with Crippen LogP contribution < -0.4 is 15.9 Å². The molecule has 4 aromatic rings. The third-order valence-electron chi connectivity index (χ3n) is 5.53. The first-order valence-electron chi connectivity index (χ1n) is 9.59. The van der Waals surface area contributed by atoms with Crippen LogP contribution in [0.4, 0.5) is 0 Å². The average molecular weight is 461 g/mol. The summed E-state index contributed by atoms with van der Waals surface area (Å²) in [6, 6.07) is 39.8. The minimum absolute atomic E-state index is 0.721. The molecule has 4 aromatic carbocycles.